The summed E-state index contributed by atoms with van der Waals surface area (Å²) in [5.74, 6) is 0.983. The van der Waals surface area contributed by atoms with Gasteiger partial charge >= 0.3 is 0 Å². The first kappa shape index (κ1) is 21.9. The molecule has 0 aliphatic heterocycles. The summed E-state index contributed by atoms with van der Waals surface area (Å²) in [6.07, 6.45) is 0. The first-order valence-corrected chi connectivity index (χ1v) is 10.1. The molecule has 6 heteroatoms. The second kappa shape index (κ2) is 10.8. The molecule has 160 valence electrons. The van der Waals surface area contributed by atoms with Gasteiger partial charge in [-0.3, -0.25) is 9.59 Å². The van der Waals surface area contributed by atoms with Crippen molar-refractivity contribution in [2.75, 3.05) is 23.8 Å². The molecule has 0 bridgehead atoms. The van der Waals surface area contributed by atoms with Crippen LogP contribution in [0.2, 0.25) is 0 Å². The molecule has 0 saturated heterocycles. The zero-order chi connectivity index (χ0) is 22.1. The van der Waals surface area contributed by atoms with Crippen LogP contribution in [0.25, 0.3) is 0 Å². The topological polar surface area (TPSA) is 76.7 Å². The molecule has 6 nitrogen and oxygen atoms in total. The molecule has 0 fully saturated rings. The van der Waals surface area contributed by atoms with E-state index < -0.39 is 0 Å². The number of carbonyl (C=O) groups is 2. The van der Waals surface area contributed by atoms with Crippen molar-refractivity contribution in [3.8, 4) is 11.5 Å². The number of hydrogen-bond donors (Lipinski definition) is 2. The highest BCUT2D eigenvalue weighted by molar-refractivity contribution is 6.04. The molecule has 2 N–H and O–H groups in total. The summed E-state index contributed by atoms with van der Waals surface area (Å²) in [6, 6.07) is 23.5. The predicted molar refractivity (Wildman–Crippen MR) is 122 cm³/mol. The van der Waals surface area contributed by atoms with Crippen molar-refractivity contribution in [1.29, 1.82) is 0 Å². The van der Waals surface area contributed by atoms with Crippen LogP contribution in [0.1, 0.15) is 24.2 Å². The Kier molecular flexibility index (Phi) is 7.65. The molecule has 0 aliphatic carbocycles. The summed E-state index contributed by atoms with van der Waals surface area (Å²) in [5, 5.41) is 5.66. The Labute approximate surface area is 182 Å². The van der Waals surface area contributed by atoms with Crippen LogP contribution in [0.15, 0.2) is 78.9 Å². The standard InChI is InChI=1S/C25H26N2O4/c1-18(2)24(28)26-20-11-13-21(14-12-20)27-25(29)19-7-6-10-23(17-19)31-16-15-30-22-8-4-3-5-9-22/h3-14,17-18H,15-16H2,1-2H3,(H,26,28)(H,27,29). The van der Waals surface area contributed by atoms with Gasteiger partial charge in [-0.15, -0.1) is 0 Å². The molecular weight excluding hydrogens is 392 g/mol. The number of amides is 2. The number of nitrogens with one attached hydrogen (secondary N) is 2. The summed E-state index contributed by atoms with van der Waals surface area (Å²) < 4.78 is 11.3. The van der Waals surface area contributed by atoms with E-state index in [0.717, 1.165) is 5.75 Å². The average Bonchev–Trinajstić information content (AvgIpc) is 2.79. The van der Waals surface area contributed by atoms with Gasteiger partial charge in [-0.25, -0.2) is 0 Å². The van der Waals surface area contributed by atoms with Gasteiger partial charge in [0.2, 0.25) is 5.91 Å². The minimum Gasteiger partial charge on any atom is -0.490 e. The molecule has 31 heavy (non-hydrogen) atoms. The predicted octanol–water partition coefficient (Wildman–Crippen LogP) is 4.99. The van der Waals surface area contributed by atoms with Gasteiger partial charge in [-0.05, 0) is 54.6 Å². The van der Waals surface area contributed by atoms with Crippen LogP contribution < -0.4 is 20.1 Å². The Balaban J connectivity index is 1.50. The molecule has 2 amide bonds. The number of ether oxygens (including phenoxy) is 2. The number of hydrogen-bond acceptors (Lipinski definition) is 4. The Bertz CT molecular complexity index is 1000. The molecule has 3 aromatic carbocycles. The molecule has 0 saturated carbocycles. The van der Waals surface area contributed by atoms with E-state index in [0.29, 0.717) is 35.9 Å². The lowest BCUT2D eigenvalue weighted by Crippen LogP contribution is -2.17. The maximum absolute atomic E-state index is 12.6. The average molecular weight is 418 g/mol. The summed E-state index contributed by atoms with van der Waals surface area (Å²) in [5.41, 5.74) is 1.80. The highest BCUT2D eigenvalue weighted by Gasteiger charge is 2.09. The Morgan fingerprint density at radius 1 is 0.742 bits per heavy atom. The van der Waals surface area contributed by atoms with Crippen LogP contribution in [0, 0.1) is 5.92 Å². The van der Waals surface area contributed by atoms with Crippen molar-refractivity contribution < 1.29 is 19.1 Å². The molecule has 0 radical (unpaired) electrons. The van der Waals surface area contributed by atoms with Gasteiger partial charge in [0, 0.05) is 22.9 Å². The second-order valence-electron chi connectivity index (χ2n) is 7.21. The number of benzene rings is 3. The minimum atomic E-state index is -0.245. The van der Waals surface area contributed by atoms with Crippen molar-refractivity contribution in [3.05, 3.63) is 84.4 Å². The van der Waals surface area contributed by atoms with Crippen molar-refractivity contribution in [1.82, 2.24) is 0 Å². The van der Waals surface area contributed by atoms with Gasteiger partial charge in [-0.2, -0.15) is 0 Å². The van der Waals surface area contributed by atoms with E-state index in [1.165, 1.54) is 0 Å². The largest absolute Gasteiger partial charge is 0.490 e. The second-order valence-corrected chi connectivity index (χ2v) is 7.21. The number of anilines is 2. The lowest BCUT2D eigenvalue weighted by molar-refractivity contribution is -0.118. The van der Waals surface area contributed by atoms with Crippen molar-refractivity contribution in [2.24, 2.45) is 5.92 Å². The third-order valence-corrected chi connectivity index (χ3v) is 4.39. The van der Waals surface area contributed by atoms with E-state index in [2.05, 4.69) is 10.6 Å². The van der Waals surface area contributed by atoms with E-state index in [1.807, 2.05) is 44.2 Å². The van der Waals surface area contributed by atoms with Crippen LogP contribution in [0.3, 0.4) is 0 Å². The summed E-state index contributed by atoms with van der Waals surface area (Å²) >= 11 is 0. The van der Waals surface area contributed by atoms with E-state index >= 15 is 0 Å². The fraction of sp³-hybridized carbons (Fsp3) is 0.200. The fourth-order valence-corrected chi connectivity index (χ4v) is 2.69. The van der Waals surface area contributed by atoms with Crippen LogP contribution in [0.4, 0.5) is 11.4 Å². The van der Waals surface area contributed by atoms with E-state index in [-0.39, 0.29) is 17.7 Å². The zero-order valence-electron chi connectivity index (χ0n) is 17.6. The van der Waals surface area contributed by atoms with Crippen LogP contribution in [-0.4, -0.2) is 25.0 Å². The van der Waals surface area contributed by atoms with Crippen molar-refractivity contribution in [3.63, 3.8) is 0 Å². The number of para-hydroxylation sites is 1. The molecule has 3 aromatic rings. The maximum Gasteiger partial charge on any atom is 0.255 e. The smallest absolute Gasteiger partial charge is 0.255 e. The quantitative estimate of drug-likeness (QED) is 0.480. The Hall–Kier alpha value is -3.80. The van der Waals surface area contributed by atoms with Gasteiger partial charge in [0.15, 0.2) is 0 Å². The lowest BCUT2D eigenvalue weighted by Gasteiger charge is -2.11. The van der Waals surface area contributed by atoms with Gasteiger partial charge in [0.25, 0.3) is 5.91 Å². The monoisotopic (exact) mass is 418 g/mol. The third-order valence-electron chi connectivity index (χ3n) is 4.39. The summed E-state index contributed by atoms with van der Waals surface area (Å²) in [7, 11) is 0. The normalized spacial score (nSPS) is 10.4. The fourth-order valence-electron chi connectivity index (χ4n) is 2.69. The maximum atomic E-state index is 12.6. The van der Waals surface area contributed by atoms with Gasteiger partial charge in [0.1, 0.15) is 24.7 Å². The number of rotatable bonds is 9. The zero-order valence-corrected chi connectivity index (χ0v) is 17.6. The molecular formula is C25H26N2O4. The first-order chi connectivity index (χ1) is 15.0. The summed E-state index contributed by atoms with van der Waals surface area (Å²) in [4.78, 5) is 24.3. The Morgan fingerprint density at radius 2 is 1.32 bits per heavy atom. The first-order valence-electron chi connectivity index (χ1n) is 10.1. The van der Waals surface area contributed by atoms with E-state index in [4.69, 9.17) is 9.47 Å². The van der Waals surface area contributed by atoms with Gasteiger partial charge < -0.3 is 20.1 Å². The molecule has 0 aliphatic rings. The molecule has 0 spiro atoms. The highest BCUT2D eigenvalue weighted by atomic mass is 16.5. The highest BCUT2D eigenvalue weighted by Crippen LogP contribution is 2.18. The van der Waals surface area contributed by atoms with Crippen molar-refractivity contribution >= 4 is 23.2 Å². The SMILES string of the molecule is CC(C)C(=O)Nc1ccc(NC(=O)c2cccc(OCCOc3ccccc3)c2)cc1. The van der Waals surface area contributed by atoms with E-state index in [9.17, 15) is 9.59 Å². The molecule has 0 heterocycles. The molecule has 0 atom stereocenters. The molecule has 3 rings (SSSR count). The number of carbonyl (C=O) groups excluding carboxylic acids is 2. The molecule has 0 unspecified atom stereocenters. The van der Waals surface area contributed by atoms with Crippen LogP contribution >= 0.6 is 0 Å². The van der Waals surface area contributed by atoms with Gasteiger partial charge in [0.05, 0.1) is 0 Å². The van der Waals surface area contributed by atoms with E-state index in [1.54, 1.807) is 48.5 Å². The Morgan fingerprint density at radius 3 is 1.97 bits per heavy atom. The molecule has 0 aromatic heterocycles. The lowest BCUT2D eigenvalue weighted by atomic mass is 10.2. The van der Waals surface area contributed by atoms with Crippen LogP contribution in [0.5, 0.6) is 11.5 Å². The summed E-state index contributed by atoms with van der Waals surface area (Å²) in [6.45, 7) is 4.43. The third kappa shape index (κ3) is 6.89. The van der Waals surface area contributed by atoms with Crippen LogP contribution in [-0.2, 0) is 4.79 Å². The minimum absolute atomic E-state index is 0.0530. The van der Waals surface area contributed by atoms with Crippen molar-refractivity contribution in [2.45, 2.75) is 13.8 Å². The van der Waals surface area contributed by atoms with Gasteiger partial charge in [-0.1, -0.05) is 38.1 Å².